The highest BCUT2D eigenvalue weighted by Gasteiger charge is 2.34. The van der Waals surface area contributed by atoms with Crippen molar-refractivity contribution < 1.29 is 9.53 Å². The van der Waals surface area contributed by atoms with Gasteiger partial charge in [-0.1, -0.05) is 70.8 Å². The Labute approximate surface area is 153 Å². The van der Waals surface area contributed by atoms with Crippen molar-refractivity contribution in [3.05, 3.63) is 58.7 Å². The third kappa shape index (κ3) is 4.12. The lowest BCUT2D eigenvalue weighted by molar-refractivity contribution is 0.112. The molecule has 2 atom stereocenters. The summed E-state index contributed by atoms with van der Waals surface area (Å²) in [4.78, 5) is 11.5. The molecule has 0 amide bonds. The molecular formula is C22H29O2P. The Hall–Kier alpha value is -1.66. The quantitative estimate of drug-likeness (QED) is 0.459. The predicted molar refractivity (Wildman–Crippen MR) is 109 cm³/mol. The monoisotopic (exact) mass is 356 g/mol. The molecule has 25 heavy (non-hydrogen) atoms. The molecule has 0 saturated heterocycles. The number of aldehydes is 1. The highest BCUT2D eigenvalue weighted by molar-refractivity contribution is 7.48. The van der Waals surface area contributed by atoms with Gasteiger partial charge in [0.15, 0.2) is 6.29 Å². The third-order valence-electron chi connectivity index (χ3n) is 4.88. The molecule has 2 rings (SSSR count). The smallest absolute Gasteiger partial charge is 0.150 e. The van der Waals surface area contributed by atoms with Crippen molar-refractivity contribution in [1.82, 2.24) is 0 Å². The van der Waals surface area contributed by atoms with E-state index >= 15 is 0 Å². The molecule has 2 aromatic carbocycles. The van der Waals surface area contributed by atoms with Gasteiger partial charge in [0.1, 0.15) is 5.75 Å². The zero-order valence-corrected chi connectivity index (χ0v) is 17.0. The molecule has 0 aromatic heterocycles. The number of rotatable bonds is 8. The molecule has 0 fully saturated rings. The summed E-state index contributed by atoms with van der Waals surface area (Å²) in [5, 5.41) is 1.14. The molecule has 0 N–H and O–H groups in total. The molecule has 3 heteroatoms. The maximum atomic E-state index is 11.5. The van der Waals surface area contributed by atoms with Gasteiger partial charge < -0.3 is 4.74 Å². The van der Waals surface area contributed by atoms with Gasteiger partial charge in [-0.3, -0.25) is 4.79 Å². The van der Waals surface area contributed by atoms with Crippen LogP contribution < -0.4 is 10.0 Å². The fraction of sp³-hybridized carbons (Fsp3) is 0.409. The summed E-state index contributed by atoms with van der Waals surface area (Å²) in [6, 6.07) is 12.4. The van der Waals surface area contributed by atoms with E-state index < -0.39 is 0 Å². The van der Waals surface area contributed by atoms with E-state index in [1.807, 2.05) is 18.2 Å². The number of methoxy groups -OCH3 is 1. The minimum Gasteiger partial charge on any atom is -0.496 e. The van der Waals surface area contributed by atoms with E-state index in [9.17, 15) is 4.79 Å². The normalized spacial score (nSPS) is 13.8. The molecule has 0 saturated carbocycles. The van der Waals surface area contributed by atoms with Crippen molar-refractivity contribution in [2.24, 2.45) is 0 Å². The first-order valence-corrected chi connectivity index (χ1v) is 9.99. The number of aryl methyl sites for hydroxylation is 2. The van der Waals surface area contributed by atoms with Crippen molar-refractivity contribution >= 4 is 20.2 Å². The Balaban J connectivity index is 2.65. The Kier molecular flexibility index (Phi) is 6.79. The summed E-state index contributed by atoms with van der Waals surface area (Å²) in [5.74, 6) is 0.997. The van der Waals surface area contributed by atoms with Gasteiger partial charge in [0, 0.05) is 16.3 Å². The van der Waals surface area contributed by atoms with Crippen molar-refractivity contribution in [2.75, 3.05) is 7.11 Å². The second-order valence-electron chi connectivity index (χ2n) is 6.68. The summed E-state index contributed by atoms with van der Waals surface area (Å²) in [6.45, 7) is 8.74. The minimum absolute atomic E-state index is 0.00398. The van der Waals surface area contributed by atoms with E-state index in [4.69, 9.17) is 4.74 Å². The highest BCUT2D eigenvalue weighted by atomic mass is 31.1. The van der Waals surface area contributed by atoms with Crippen LogP contribution in [-0.4, -0.2) is 13.4 Å². The molecule has 0 radical (unpaired) electrons. The maximum absolute atomic E-state index is 11.5. The van der Waals surface area contributed by atoms with E-state index in [1.54, 1.807) is 7.11 Å². The Morgan fingerprint density at radius 1 is 1.16 bits per heavy atom. The first-order valence-electron chi connectivity index (χ1n) is 8.99. The van der Waals surface area contributed by atoms with E-state index in [-0.39, 0.29) is 5.16 Å². The van der Waals surface area contributed by atoms with E-state index in [2.05, 4.69) is 45.9 Å². The number of carbonyl (C=O) groups excluding carboxylic acids is 1. The molecule has 0 aliphatic carbocycles. The number of carbonyl (C=O) groups is 1. The first-order chi connectivity index (χ1) is 12.0. The standard InChI is InChI=1S/C22H29O2P/c1-6-12-22(7-2,25-20-11-9-8-10-18(20)15-23)19-14-16(3)13-17(4)21(19)24-5/h8-11,13-15,25H,6-7,12H2,1-5H3. The molecule has 2 unspecified atom stereocenters. The molecule has 0 aliphatic rings. The lowest BCUT2D eigenvalue weighted by Gasteiger charge is -2.36. The van der Waals surface area contributed by atoms with Gasteiger partial charge in [-0.25, -0.2) is 0 Å². The number of benzene rings is 2. The summed E-state index contributed by atoms with van der Waals surface area (Å²) in [5.41, 5.74) is 4.53. The van der Waals surface area contributed by atoms with Crippen molar-refractivity contribution in [3.63, 3.8) is 0 Å². The zero-order valence-electron chi connectivity index (χ0n) is 16.0. The summed E-state index contributed by atoms with van der Waals surface area (Å²) < 4.78 is 5.81. The van der Waals surface area contributed by atoms with Crippen LogP contribution in [0.5, 0.6) is 5.75 Å². The van der Waals surface area contributed by atoms with Gasteiger partial charge in [-0.15, -0.1) is 0 Å². The topological polar surface area (TPSA) is 26.3 Å². The second kappa shape index (κ2) is 8.63. The van der Waals surface area contributed by atoms with Gasteiger partial charge in [0.2, 0.25) is 0 Å². The maximum Gasteiger partial charge on any atom is 0.150 e. The van der Waals surface area contributed by atoms with Crippen molar-refractivity contribution in [1.29, 1.82) is 0 Å². The van der Waals surface area contributed by atoms with E-state index in [0.29, 0.717) is 8.58 Å². The van der Waals surface area contributed by atoms with E-state index in [1.165, 1.54) is 16.7 Å². The average molecular weight is 356 g/mol. The van der Waals surface area contributed by atoms with Crippen LogP contribution in [0.3, 0.4) is 0 Å². The van der Waals surface area contributed by atoms with Crippen LogP contribution in [0.4, 0.5) is 0 Å². The van der Waals surface area contributed by atoms with Crippen LogP contribution in [0, 0.1) is 13.8 Å². The fourth-order valence-electron chi connectivity index (χ4n) is 3.70. The van der Waals surface area contributed by atoms with Gasteiger partial charge in [0.25, 0.3) is 0 Å². The molecule has 0 heterocycles. The highest BCUT2D eigenvalue weighted by Crippen LogP contribution is 2.51. The molecule has 0 bridgehead atoms. The zero-order chi connectivity index (χ0) is 18.4. The molecule has 134 valence electrons. The van der Waals surface area contributed by atoms with Crippen LogP contribution in [0.25, 0.3) is 0 Å². The second-order valence-corrected chi connectivity index (χ2v) is 8.42. The third-order valence-corrected chi connectivity index (χ3v) is 6.96. The fourth-order valence-corrected chi connectivity index (χ4v) is 5.55. The Bertz CT molecular complexity index is 739. The van der Waals surface area contributed by atoms with Gasteiger partial charge >= 0.3 is 0 Å². The summed E-state index contributed by atoms with van der Waals surface area (Å²) in [7, 11) is 2.30. The average Bonchev–Trinajstić information content (AvgIpc) is 2.61. The summed E-state index contributed by atoms with van der Waals surface area (Å²) in [6.07, 6.45) is 4.17. The number of hydrogen-bond acceptors (Lipinski definition) is 2. The molecule has 0 spiro atoms. The van der Waals surface area contributed by atoms with Crippen LogP contribution >= 0.6 is 8.58 Å². The van der Waals surface area contributed by atoms with Crippen LogP contribution in [-0.2, 0) is 5.16 Å². The van der Waals surface area contributed by atoms with Crippen LogP contribution in [0.15, 0.2) is 36.4 Å². The van der Waals surface area contributed by atoms with Gasteiger partial charge in [0.05, 0.1) is 7.11 Å². The Morgan fingerprint density at radius 2 is 1.88 bits per heavy atom. The first kappa shape index (κ1) is 19.7. The number of hydrogen-bond donors (Lipinski definition) is 0. The lowest BCUT2D eigenvalue weighted by Crippen LogP contribution is -2.25. The van der Waals surface area contributed by atoms with Crippen molar-refractivity contribution in [2.45, 2.75) is 52.1 Å². The molecule has 0 aliphatic heterocycles. The van der Waals surface area contributed by atoms with Crippen LogP contribution in [0.1, 0.15) is 60.2 Å². The largest absolute Gasteiger partial charge is 0.496 e. The van der Waals surface area contributed by atoms with Gasteiger partial charge in [-0.05, 0) is 37.6 Å². The van der Waals surface area contributed by atoms with Crippen LogP contribution in [0.2, 0.25) is 0 Å². The molecular weight excluding hydrogens is 327 g/mol. The summed E-state index contributed by atoms with van der Waals surface area (Å²) >= 11 is 0. The van der Waals surface area contributed by atoms with Gasteiger partial charge in [-0.2, -0.15) is 0 Å². The van der Waals surface area contributed by atoms with Crippen molar-refractivity contribution in [3.8, 4) is 5.75 Å². The minimum atomic E-state index is -0.00398. The molecule has 2 aromatic rings. The Morgan fingerprint density at radius 3 is 2.48 bits per heavy atom. The van der Waals surface area contributed by atoms with E-state index in [0.717, 1.165) is 42.2 Å². The number of ether oxygens (including phenoxy) is 1. The lowest BCUT2D eigenvalue weighted by atomic mass is 9.87. The SMILES string of the molecule is CCCC(CC)(Pc1ccccc1C=O)c1cc(C)cc(C)c1OC. The molecule has 2 nitrogen and oxygen atoms in total. The predicted octanol–water partition coefficient (Wildman–Crippen LogP) is 5.53.